The normalized spacial score (nSPS) is 16.4. The van der Waals surface area contributed by atoms with Crippen LogP contribution in [0.2, 0.25) is 0 Å². The molecule has 1 saturated heterocycles. The molecule has 0 aromatic heterocycles. The molecule has 1 fully saturated rings. The third kappa shape index (κ3) is 4.86. The molecule has 128 valence electrons. The molecule has 0 spiro atoms. The number of methoxy groups -OCH3 is 1. The Balaban J connectivity index is 1.92. The molecule has 1 aromatic carbocycles. The zero-order valence-corrected chi connectivity index (χ0v) is 14.6. The molecule has 1 aliphatic rings. The van der Waals surface area contributed by atoms with Crippen LogP contribution in [0.1, 0.15) is 38.2 Å². The number of hydrogen-bond acceptors (Lipinski definition) is 5. The molecule has 23 heavy (non-hydrogen) atoms. The van der Waals surface area contributed by atoms with Crippen molar-refractivity contribution < 1.29 is 9.47 Å². The van der Waals surface area contributed by atoms with Crippen molar-refractivity contribution in [2.75, 3.05) is 46.1 Å². The number of likely N-dealkylation sites (tertiary alicyclic amines) is 1. The Labute approximate surface area is 139 Å². The van der Waals surface area contributed by atoms with Crippen molar-refractivity contribution in [2.45, 2.75) is 32.6 Å². The van der Waals surface area contributed by atoms with Crippen LogP contribution in [0.5, 0.6) is 11.5 Å². The third-order valence-corrected chi connectivity index (χ3v) is 4.39. The summed E-state index contributed by atoms with van der Waals surface area (Å²) < 4.78 is 11.3. The lowest BCUT2D eigenvalue weighted by molar-refractivity contribution is 0.203. The molecule has 0 amide bonds. The standard InChI is InChI=1S/C18H29N3O2/c1-14(20-2)15-12-17(22-3)18(13-16(15)19)23-11-7-10-21-8-5-4-6-9-21/h12-13H,4-11,19H2,1-3H3. The highest BCUT2D eigenvalue weighted by Gasteiger charge is 2.13. The van der Waals surface area contributed by atoms with E-state index >= 15 is 0 Å². The maximum absolute atomic E-state index is 6.12. The molecule has 1 aromatic rings. The fraction of sp³-hybridized carbons (Fsp3) is 0.611. The zero-order valence-electron chi connectivity index (χ0n) is 14.6. The summed E-state index contributed by atoms with van der Waals surface area (Å²) in [6, 6.07) is 3.74. The van der Waals surface area contributed by atoms with Crippen molar-refractivity contribution in [2.24, 2.45) is 4.99 Å². The van der Waals surface area contributed by atoms with E-state index in [2.05, 4.69) is 9.89 Å². The lowest BCUT2D eigenvalue weighted by atomic mass is 10.1. The summed E-state index contributed by atoms with van der Waals surface area (Å²) in [4.78, 5) is 6.70. The van der Waals surface area contributed by atoms with Crippen LogP contribution >= 0.6 is 0 Å². The van der Waals surface area contributed by atoms with E-state index in [1.807, 2.05) is 19.1 Å². The van der Waals surface area contributed by atoms with Gasteiger partial charge in [-0.2, -0.15) is 0 Å². The molecular weight excluding hydrogens is 290 g/mol. The van der Waals surface area contributed by atoms with E-state index in [0.29, 0.717) is 23.8 Å². The van der Waals surface area contributed by atoms with Gasteiger partial charge >= 0.3 is 0 Å². The Morgan fingerprint density at radius 1 is 1.22 bits per heavy atom. The lowest BCUT2D eigenvalue weighted by Gasteiger charge is -2.26. The quantitative estimate of drug-likeness (QED) is 0.477. The molecule has 0 aliphatic carbocycles. The molecule has 0 bridgehead atoms. The summed E-state index contributed by atoms with van der Waals surface area (Å²) in [5.41, 5.74) is 8.56. The van der Waals surface area contributed by atoms with Crippen LogP contribution in [-0.4, -0.2) is 51.0 Å². The van der Waals surface area contributed by atoms with E-state index in [0.717, 1.165) is 24.2 Å². The summed E-state index contributed by atoms with van der Waals surface area (Å²) in [6.45, 7) is 6.15. The van der Waals surface area contributed by atoms with Crippen LogP contribution in [0.15, 0.2) is 17.1 Å². The first-order chi connectivity index (χ1) is 11.2. The second-order valence-corrected chi connectivity index (χ2v) is 6.00. The van der Waals surface area contributed by atoms with Gasteiger partial charge in [0.2, 0.25) is 0 Å². The topological polar surface area (TPSA) is 60.1 Å². The van der Waals surface area contributed by atoms with Crippen molar-refractivity contribution >= 4 is 11.4 Å². The summed E-state index contributed by atoms with van der Waals surface area (Å²) >= 11 is 0. The summed E-state index contributed by atoms with van der Waals surface area (Å²) in [6.07, 6.45) is 5.03. The first-order valence-electron chi connectivity index (χ1n) is 8.42. The third-order valence-electron chi connectivity index (χ3n) is 4.39. The SMILES string of the molecule is CN=C(C)c1cc(OC)c(OCCCN2CCCCC2)cc1N. The van der Waals surface area contributed by atoms with Crippen molar-refractivity contribution in [3.8, 4) is 11.5 Å². The number of piperidine rings is 1. The number of anilines is 1. The van der Waals surface area contributed by atoms with Gasteiger partial charge in [0, 0.05) is 36.6 Å². The van der Waals surface area contributed by atoms with E-state index in [-0.39, 0.29) is 0 Å². The number of hydrogen-bond donors (Lipinski definition) is 1. The predicted octanol–water partition coefficient (Wildman–Crippen LogP) is 2.97. The predicted molar refractivity (Wildman–Crippen MR) is 95.9 cm³/mol. The lowest BCUT2D eigenvalue weighted by Crippen LogP contribution is -2.31. The van der Waals surface area contributed by atoms with Crippen LogP contribution in [0.25, 0.3) is 0 Å². The van der Waals surface area contributed by atoms with Crippen molar-refractivity contribution in [1.29, 1.82) is 0 Å². The van der Waals surface area contributed by atoms with Gasteiger partial charge in [0.15, 0.2) is 11.5 Å². The largest absolute Gasteiger partial charge is 0.493 e. The molecule has 2 rings (SSSR count). The second-order valence-electron chi connectivity index (χ2n) is 6.00. The minimum Gasteiger partial charge on any atom is -0.493 e. The van der Waals surface area contributed by atoms with Gasteiger partial charge < -0.3 is 20.1 Å². The highest BCUT2D eigenvalue weighted by molar-refractivity contribution is 6.03. The molecule has 1 heterocycles. The number of aliphatic imine (C=N–C) groups is 1. The number of nitrogens with two attached hydrogens (primary N) is 1. The average Bonchev–Trinajstić information content (AvgIpc) is 2.59. The summed E-state index contributed by atoms with van der Waals surface area (Å²) in [5, 5.41) is 0. The van der Waals surface area contributed by atoms with Gasteiger partial charge in [0.05, 0.1) is 13.7 Å². The summed E-state index contributed by atoms with van der Waals surface area (Å²) in [7, 11) is 3.40. The molecule has 5 heteroatoms. The van der Waals surface area contributed by atoms with Gasteiger partial charge in [-0.1, -0.05) is 6.42 Å². The maximum Gasteiger partial charge on any atom is 0.163 e. The van der Waals surface area contributed by atoms with Gasteiger partial charge in [0.1, 0.15) is 0 Å². The van der Waals surface area contributed by atoms with E-state index in [1.54, 1.807) is 14.2 Å². The highest BCUT2D eigenvalue weighted by Crippen LogP contribution is 2.32. The van der Waals surface area contributed by atoms with E-state index in [4.69, 9.17) is 15.2 Å². The Morgan fingerprint density at radius 3 is 2.61 bits per heavy atom. The van der Waals surface area contributed by atoms with Gasteiger partial charge in [-0.05, 0) is 45.3 Å². The highest BCUT2D eigenvalue weighted by atomic mass is 16.5. The zero-order chi connectivity index (χ0) is 16.7. The molecular formula is C18H29N3O2. The van der Waals surface area contributed by atoms with Crippen molar-refractivity contribution in [1.82, 2.24) is 4.90 Å². The summed E-state index contributed by atoms with van der Waals surface area (Å²) in [5.74, 6) is 1.41. The molecule has 1 aliphatic heterocycles. The van der Waals surface area contributed by atoms with Gasteiger partial charge in [-0.15, -0.1) is 0 Å². The second kappa shape index (κ2) is 8.77. The molecule has 0 unspecified atom stereocenters. The maximum atomic E-state index is 6.12. The van der Waals surface area contributed by atoms with Crippen molar-refractivity contribution in [3.05, 3.63) is 17.7 Å². The van der Waals surface area contributed by atoms with E-state index in [1.165, 1.54) is 32.4 Å². The average molecular weight is 319 g/mol. The van der Waals surface area contributed by atoms with Gasteiger partial charge in [-0.3, -0.25) is 4.99 Å². The Bertz CT molecular complexity index is 537. The van der Waals surface area contributed by atoms with Crippen LogP contribution < -0.4 is 15.2 Å². The molecule has 0 atom stereocenters. The number of nitrogen functional groups attached to an aromatic ring is 1. The minimum atomic E-state index is 0.667. The number of rotatable bonds is 7. The molecule has 5 nitrogen and oxygen atoms in total. The fourth-order valence-electron chi connectivity index (χ4n) is 2.94. The van der Waals surface area contributed by atoms with Crippen LogP contribution in [0, 0.1) is 0 Å². The number of benzene rings is 1. The first kappa shape index (κ1) is 17.6. The monoisotopic (exact) mass is 319 g/mol. The number of nitrogens with zero attached hydrogens (tertiary/aromatic N) is 2. The van der Waals surface area contributed by atoms with Crippen molar-refractivity contribution in [3.63, 3.8) is 0 Å². The van der Waals surface area contributed by atoms with E-state index < -0.39 is 0 Å². The number of ether oxygens (including phenoxy) is 2. The molecule has 2 N–H and O–H groups in total. The Morgan fingerprint density at radius 2 is 1.96 bits per heavy atom. The first-order valence-corrected chi connectivity index (χ1v) is 8.42. The van der Waals surface area contributed by atoms with Crippen LogP contribution in [0.3, 0.4) is 0 Å². The molecule has 0 saturated carbocycles. The van der Waals surface area contributed by atoms with Gasteiger partial charge in [-0.25, -0.2) is 0 Å². The van der Waals surface area contributed by atoms with Crippen LogP contribution in [0.4, 0.5) is 5.69 Å². The van der Waals surface area contributed by atoms with E-state index in [9.17, 15) is 0 Å². The Hall–Kier alpha value is -1.75. The molecule has 0 radical (unpaired) electrons. The minimum absolute atomic E-state index is 0.667. The Kier molecular flexibility index (Phi) is 6.71. The fourth-order valence-corrected chi connectivity index (χ4v) is 2.94. The van der Waals surface area contributed by atoms with Crippen LogP contribution in [-0.2, 0) is 0 Å². The van der Waals surface area contributed by atoms with Gasteiger partial charge in [0.25, 0.3) is 0 Å². The smallest absolute Gasteiger partial charge is 0.163 e.